The largest absolute Gasteiger partial charge is 0.488 e. The minimum Gasteiger partial charge on any atom is -0.488 e. The molecule has 0 saturated heterocycles. The van der Waals surface area contributed by atoms with Gasteiger partial charge in [0.15, 0.2) is 0 Å². The second kappa shape index (κ2) is 8.32. The molecule has 3 nitrogen and oxygen atoms in total. The van der Waals surface area contributed by atoms with Crippen molar-refractivity contribution >= 4 is 11.6 Å². The fourth-order valence-corrected chi connectivity index (χ4v) is 3.15. The van der Waals surface area contributed by atoms with E-state index in [1.54, 1.807) is 0 Å². The Morgan fingerprint density at radius 3 is 2.36 bits per heavy atom. The molecule has 0 amide bonds. The number of ether oxygens (including phenoxy) is 1. The summed E-state index contributed by atoms with van der Waals surface area (Å²) in [5, 5.41) is 5.47. The van der Waals surface area contributed by atoms with Crippen LogP contribution in [0.25, 0.3) is 11.3 Å². The monoisotopic (exact) mass is 388 g/mol. The van der Waals surface area contributed by atoms with Crippen LogP contribution in [0.15, 0.2) is 85.1 Å². The topological polar surface area (TPSA) is 27.1 Å². The van der Waals surface area contributed by atoms with E-state index in [2.05, 4.69) is 31.2 Å². The third-order valence-electron chi connectivity index (χ3n) is 4.58. The van der Waals surface area contributed by atoms with Gasteiger partial charge in [0.25, 0.3) is 0 Å². The van der Waals surface area contributed by atoms with Gasteiger partial charge in [-0.15, -0.1) is 0 Å². The van der Waals surface area contributed by atoms with Gasteiger partial charge in [0.2, 0.25) is 0 Å². The quantitative estimate of drug-likeness (QED) is 0.396. The van der Waals surface area contributed by atoms with Gasteiger partial charge in [0, 0.05) is 16.8 Å². The minimum atomic E-state index is 0.484. The highest BCUT2D eigenvalue weighted by Gasteiger charge is 2.09. The molecule has 1 aromatic heterocycles. The number of rotatable bonds is 6. The summed E-state index contributed by atoms with van der Waals surface area (Å²) in [5.74, 6) is 0.818. The normalized spacial score (nSPS) is 10.8. The van der Waals surface area contributed by atoms with Crippen molar-refractivity contribution in [3.05, 3.63) is 107 Å². The predicted molar refractivity (Wildman–Crippen MR) is 114 cm³/mol. The van der Waals surface area contributed by atoms with Crippen LogP contribution in [-0.4, -0.2) is 9.78 Å². The number of hydrogen-bond acceptors (Lipinski definition) is 2. The summed E-state index contributed by atoms with van der Waals surface area (Å²) in [6.45, 7) is 3.32. The van der Waals surface area contributed by atoms with E-state index >= 15 is 0 Å². The SMILES string of the molecule is Cc1ccc(Cn2ccc(-c3ccccc3OCc3ccc(Cl)cc3)n2)cc1. The van der Waals surface area contributed by atoms with Gasteiger partial charge in [-0.25, -0.2) is 0 Å². The molecule has 0 unspecified atom stereocenters. The van der Waals surface area contributed by atoms with E-state index in [0.29, 0.717) is 6.61 Å². The zero-order valence-electron chi connectivity index (χ0n) is 15.7. The first kappa shape index (κ1) is 18.3. The molecule has 4 aromatic rings. The van der Waals surface area contributed by atoms with Crippen LogP contribution in [0.5, 0.6) is 5.75 Å². The van der Waals surface area contributed by atoms with Crippen LogP contribution < -0.4 is 4.74 Å². The van der Waals surface area contributed by atoms with Gasteiger partial charge in [-0.05, 0) is 48.4 Å². The van der Waals surface area contributed by atoms with E-state index in [4.69, 9.17) is 21.4 Å². The van der Waals surface area contributed by atoms with Crippen LogP contribution in [0.3, 0.4) is 0 Å². The summed E-state index contributed by atoms with van der Waals surface area (Å²) in [7, 11) is 0. The van der Waals surface area contributed by atoms with Crippen LogP contribution in [0.4, 0.5) is 0 Å². The summed E-state index contributed by atoms with van der Waals surface area (Å²) in [5.41, 5.74) is 5.45. The molecule has 28 heavy (non-hydrogen) atoms. The van der Waals surface area contributed by atoms with Crippen LogP contribution in [0, 0.1) is 6.92 Å². The molecule has 0 bridgehead atoms. The molecular weight excluding hydrogens is 368 g/mol. The van der Waals surface area contributed by atoms with Gasteiger partial charge >= 0.3 is 0 Å². The van der Waals surface area contributed by atoms with Gasteiger partial charge in [-0.2, -0.15) is 5.10 Å². The van der Waals surface area contributed by atoms with Crippen molar-refractivity contribution in [3.8, 4) is 17.0 Å². The first-order valence-corrected chi connectivity index (χ1v) is 9.61. The van der Waals surface area contributed by atoms with E-state index in [-0.39, 0.29) is 0 Å². The van der Waals surface area contributed by atoms with Crippen LogP contribution >= 0.6 is 11.6 Å². The Morgan fingerprint density at radius 1 is 0.857 bits per heavy atom. The fraction of sp³-hybridized carbons (Fsp3) is 0.125. The lowest BCUT2D eigenvalue weighted by Crippen LogP contribution is -2.01. The Labute approximate surface area is 170 Å². The molecule has 0 atom stereocenters. The first-order valence-electron chi connectivity index (χ1n) is 9.23. The number of aromatic nitrogens is 2. The standard InChI is InChI=1S/C24H21ClN2O/c1-18-6-8-19(9-7-18)16-27-15-14-23(26-27)22-4-2-3-5-24(22)28-17-20-10-12-21(25)13-11-20/h2-15H,16-17H2,1H3. The Hall–Kier alpha value is -3.04. The maximum Gasteiger partial charge on any atom is 0.129 e. The number of aryl methyl sites for hydroxylation is 1. The molecule has 4 heteroatoms. The third kappa shape index (κ3) is 4.44. The smallest absolute Gasteiger partial charge is 0.129 e. The fourth-order valence-electron chi connectivity index (χ4n) is 3.02. The highest BCUT2D eigenvalue weighted by molar-refractivity contribution is 6.30. The average molecular weight is 389 g/mol. The number of hydrogen-bond donors (Lipinski definition) is 0. The van der Waals surface area contributed by atoms with Crippen molar-refractivity contribution in [2.24, 2.45) is 0 Å². The summed E-state index contributed by atoms with van der Waals surface area (Å²) in [6, 6.07) is 26.2. The molecule has 4 rings (SSSR count). The van der Waals surface area contributed by atoms with Crippen molar-refractivity contribution < 1.29 is 4.74 Å². The second-order valence-electron chi connectivity index (χ2n) is 6.80. The van der Waals surface area contributed by atoms with Gasteiger partial charge in [-0.3, -0.25) is 4.68 Å². The predicted octanol–water partition coefficient (Wildman–Crippen LogP) is 6.14. The van der Waals surface area contributed by atoms with Crippen molar-refractivity contribution in [3.63, 3.8) is 0 Å². The molecule has 1 heterocycles. The third-order valence-corrected chi connectivity index (χ3v) is 4.83. The Kier molecular flexibility index (Phi) is 5.45. The van der Waals surface area contributed by atoms with E-state index in [1.165, 1.54) is 11.1 Å². The zero-order valence-corrected chi connectivity index (χ0v) is 16.4. The van der Waals surface area contributed by atoms with Gasteiger partial charge in [-0.1, -0.05) is 65.7 Å². The number of nitrogens with zero attached hydrogens (tertiary/aromatic N) is 2. The van der Waals surface area contributed by atoms with Crippen molar-refractivity contribution in [1.29, 1.82) is 0 Å². The Morgan fingerprint density at radius 2 is 1.57 bits per heavy atom. The number of para-hydroxylation sites is 1. The van der Waals surface area contributed by atoms with Gasteiger partial charge in [0.05, 0.1) is 12.2 Å². The van der Waals surface area contributed by atoms with Gasteiger partial charge < -0.3 is 4.74 Å². The average Bonchev–Trinajstić information content (AvgIpc) is 3.18. The number of halogens is 1. The van der Waals surface area contributed by atoms with Crippen LogP contribution in [0.1, 0.15) is 16.7 Å². The highest BCUT2D eigenvalue weighted by atomic mass is 35.5. The molecule has 140 valence electrons. The second-order valence-corrected chi connectivity index (χ2v) is 7.23. The van der Waals surface area contributed by atoms with E-state index < -0.39 is 0 Å². The molecule has 0 aliphatic carbocycles. The summed E-state index contributed by atoms with van der Waals surface area (Å²) < 4.78 is 8.02. The molecule has 0 aliphatic heterocycles. The highest BCUT2D eigenvalue weighted by Crippen LogP contribution is 2.29. The van der Waals surface area contributed by atoms with Crippen molar-refractivity contribution in [2.45, 2.75) is 20.1 Å². The molecule has 0 N–H and O–H groups in total. The van der Waals surface area contributed by atoms with Crippen LogP contribution in [-0.2, 0) is 13.2 Å². The van der Waals surface area contributed by atoms with E-state index in [1.807, 2.05) is 65.5 Å². The summed E-state index contributed by atoms with van der Waals surface area (Å²) in [6.07, 6.45) is 2.01. The molecule has 0 saturated carbocycles. The van der Waals surface area contributed by atoms with E-state index in [0.717, 1.165) is 34.1 Å². The van der Waals surface area contributed by atoms with E-state index in [9.17, 15) is 0 Å². The number of benzene rings is 3. The maximum atomic E-state index is 6.07. The molecule has 0 spiro atoms. The summed E-state index contributed by atoms with van der Waals surface area (Å²) in [4.78, 5) is 0. The zero-order chi connectivity index (χ0) is 19.3. The molecular formula is C24H21ClN2O. The van der Waals surface area contributed by atoms with Crippen LogP contribution in [0.2, 0.25) is 5.02 Å². The van der Waals surface area contributed by atoms with Gasteiger partial charge in [0.1, 0.15) is 12.4 Å². The molecule has 0 radical (unpaired) electrons. The lowest BCUT2D eigenvalue weighted by Gasteiger charge is -2.10. The lowest BCUT2D eigenvalue weighted by molar-refractivity contribution is 0.307. The first-order chi connectivity index (χ1) is 13.7. The minimum absolute atomic E-state index is 0.484. The molecule has 0 aliphatic rings. The maximum absolute atomic E-state index is 6.07. The Balaban J connectivity index is 1.50. The summed E-state index contributed by atoms with van der Waals surface area (Å²) >= 11 is 5.95. The van der Waals surface area contributed by atoms with Crippen molar-refractivity contribution in [2.75, 3.05) is 0 Å². The lowest BCUT2D eigenvalue weighted by atomic mass is 10.1. The Bertz CT molecular complexity index is 1050. The molecule has 0 fully saturated rings. The van der Waals surface area contributed by atoms with Crippen molar-refractivity contribution in [1.82, 2.24) is 9.78 Å². The molecule has 3 aromatic carbocycles.